The molecule has 122 valence electrons. The molecule has 1 aromatic carbocycles. The number of anilines is 2. The minimum Gasteiger partial charge on any atom is -0.352 e. The zero-order valence-corrected chi connectivity index (χ0v) is 12.8. The zero-order valence-electron chi connectivity index (χ0n) is 12.8. The normalized spacial score (nSPS) is 10.4. The van der Waals surface area contributed by atoms with Gasteiger partial charge in [-0.15, -0.1) is 0 Å². The van der Waals surface area contributed by atoms with E-state index in [0.29, 0.717) is 17.8 Å². The van der Waals surface area contributed by atoms with Gasteiger partial charge in [-0.2, -0.15) is 0 Å². The summed E-state index contributed by atoms with van der Waals surface area (Å²) >= 11 is 0. The topological polar surface area (TPSA) is 66.9 Å². The molecular formula is C16H18F2N4O. The lowest BCUT2D eigenvalue weighted by Crippen LogP contribution is -2.24. The number of halogens is 2. The van der Waals surface area contributed by atoms with E-state index in [0.717, 1.165) is 31.4 Å². The lowest BCUT2D eigenvalue weighted by atomic mass is 10.2. The fraction of sp³-hybridized carbons (Fsp3) is 0.312. The highest BCUT2D eigenvalue weighted by Crippen LogP contribution is 2.16. The van der Waals surface area contributed by atoms with Gasteiger partial charge in [-0.3, -0.25) is 4.79 Å². The standard InChI is InChI=1S/C16H18F2N4O/c1-2-3-4-7-19-15(23)11-9-20-16(21-10-11)22-12-5-6-13(17)14(18)8-12/h5-6,8-10H,2-4,7H2,1H3,(H,19,23)(H,20,21,22). The van der Waals surface area contributed by atoms with E-state index < -0.39 is 11.6 Å². The SMILES string of the molecule is CCCCCNC(=O)c1cnc(Nc2ccc(F)c(F)c2)nc1. The summed E-state index contributed by atoms with van der Waals surface area (Å²) in [7, 11) is 0. The molecule has 0 unspecified atom stereocenters. The third kappa shape index (κ3) is 4.98. The van der Waals surface area contributed by atoms with Gasteiger partial charge in [0, 0.05) is 30.7 Å². The number of benzene rings is 1. The van der Waals surface area contributed by atoms with Crippen LogP contribution in [0, 0.1) is 11.6 Å². The minimum absolute atomic E-state index is 0.193. The highest BCUT2D eigenvalue weighted by molar-refractivity contribution is 5.93. The fourth-order valence-electron chi connectivity index (χ4n) is 1.89. The Morgan fingerprint density at radius 2 is 1.87 bits per heavy atom. The van der Waals surface area contributed by atoms with E-state index in [2.05, 4.69) is 27.5 Å². The molecule has 2 N–H and O–H groups in total. The van der Waals surface area contributed by atoms with Crippen LogP contribution in [0.4, 0.5) is 20.4 Å². The molecule has 2 aromatic rings. The molecule has 1 aromatic heterocycles. The van der Waals surface area contributed by atoms with Gasteiger partial charge in [0.1, 0.15) is 0 Å². The lowest BCUT2D eigenvalue weighted by molar-refractivity contribution is 0.0952. The van der Waals surface area contributed by atoms with Crippen LogP contribution < -0.4 is 10.6 Å². The number of carbonyl (C=O) groups is 1. The molecule has 23 heavy (non-hydrogen) atoms. The summed E-state index contributed by atoms with van der Waals surface area (Å²) in [5.74, 6) is -1.93. The molecule has 0 saturated heterocycles. The van der Waals surface area contributed by atoms with Crippen molar-refractivity contribution in [3.05, 3.63) is 47.8 Å². The van der Waals surface area contributed by atoms with Crippen molar-refractivity contribution in [2.24, 2.45) is 0 Å². The summed E-state index contributed by atoms with van der Waals surface area (Å²) in [6.45, 7) is 2.70. The Morgan fingerprint density at radius 1 is 1.13 bits per heavy atom. The van der Waals surface area contributed by atoms with E-state index >= 15 is 0 Å². The number of nitrogens with zero attached hydrogens (tertiary/aromatic N) is 2. The molecule has 1 amide bonds. The lowest BCUT2D eigenvalue weighted by Gasteiger charge is -2.07. The summed E-state index contributed by atoms with van der Waals surface area (Å²) in [6.07, 6.45) is 5.84. The van der Waals surface area contributed by atoms with E-state index in [1.54, 1.807) is 0 Å². The number of carbonyl (C=O) groups excluding carboxylic acids is 1. The first kappa shape index (κ1) is 16.8. The zero-order chi connectivity index (χ0) is 16.7. The van der Waals surface area contributed by atoms with Crippen LogP contribution in [-0.2, 0) is 0 Å². The Hall–Kier alpha value is -2.57. The Bertz CT molecular complexity index is 662. The first-order chi connectivity index (χ1) is 11.1. The molecule has 1 heterocycles. The van der Waals surface area contributed by atoms with Crippen molar-refractivity contribution in [1.29, 1.82) is 0 Å². The van der Waals surface area contributed by atoms with Crippen molar-refractivity contribution in [1.82, 2.24) is 15.3 Å². The van der Waals surface area contributed by atoms with Crippen molar-refractivity contribution in [2.45, 2.75) is 26.2 Å². The van der Waals surface area contributed by atoms with E-state index in [-0.39, 0.29) is 11.9 Å². The summed E-state index contributed by atoms with van der Waals surface area (Å²) in [5.41, 5.74) is 0.665. The second-order valence-electron chi connectivity index (χ2n) is 5.01. The summed E-state index contributed by atoms with van der Waals surface area (Å²) in [6, 6.07) is 3.39. The molecule has 0 atom stereocenters. The summed E-state index contributed by atoms with van der Waals surface area (Å²) < 4.78 is 26.0. The van der Waals surface area contributed by atoms with Crippen molar-refractivity contribution in [2.75, 3.05) is 11.9 Å². The predicted molar refractivity (Wildman–Crippen MR) is 83.5 cm³/mol. The first-order valence-corrected chi connectivity index (χ1v) is 7.42. The van der Waals surface area contributed by atoms with Gasteiger partial charge in [0.05, 0.1) is 5.56 Å². The first-order valence-electron chi connectivity index (χ1n) is 7.42. The number of rotatable bonds is 7. The quantitative estimate of drug-likeness (QED) is 0.767. The molecule has 0 aliphatic rings. The largest absolute Gasteiger partial charge is 0.352 e. The monoisotopic (exact) mass is 320 g/mol. The predicted octanol–water partition coefficient (Wildman–Crippen LogP) is 3.42. The van der Waals surface area contributed by atoms with Crippen LogP contribution in [0.2, 0.25) is 0 Å². The maximum atomic E-state index is 13.1. The van der Waals surface area contributed by atoms with Crippen LogP contribution in [-0.4, -0.2) is 22.4 Å². The Labute approximate surface area is 133 Å². The molecular weight excluding hydrogens is 302 g/mol. The van der Waals surface area contributed by atoms with Crippen LogP contribution in [0.5, 0.6) is 0 Å². The molecule has 0 saturated carbocycles. The molecule has 0 radical (unpaired) electrons. The second kappa shape index (κ2) is 8.17. The maximum Gasteiger partial charge on any atom is 0.254 e. The van der Waals surface area contributed by atoms with Crippen LogP contribution in [0.25, 0.3) is 0 Å². The Kier molecular flexibility index (Phi) is 5.96. The molecule has 0 bridgehead atoms. The van der Waals surface area contributed by atoms with Crippen molar-refractivity contribution >= 4 is 17.5 Å². The highest BCUT2D eigenvalue weighted by atomic mass is 19.2. The number of aromatic nitrogens is 2. The molecule has 0 aliphatic heterocycles. The van der Waals surface area contributed by atoms with Crippen molar-refractivity contribution < 1.29 is 13.6 Å². The number of nitrogens with one attached hydrogen (secondary N) is 2. The summed E-state index contributed by atoms with van der Waals surface area (Å²) in [5, 5.41) is 5.52. The fourth-order valence-corrected chi connectivity index (χ4v) is 1.89. The Balaban J connectivity index is 1.93. The van der Waals surface area contributed by atoms with Gasteiger partial charge in [0.15, 0.2) is 11.6 Å². The maximum absolute atomic E-state index is 13.1. The minimum atomic E-state index is -0.960. The molecule has 0 aliphatic carbocycles. The number of hydrogen-bond donors (Lipinski definition) is 2. The van der Waals surface area contributed by atoms with Crippen LogP contribution >= 0.6 is 0 Å². The van der Waals surface area contributed by atoms with Crippen LogP contribution in [0.3, 0.4) is 0 Å². The van der Waals surface area contributed by atoms with Gasteiger partial charge in [0.2, 0.25) is 5.95 Å². The van der Waals surface area contributed by atoms with Gasteiger partial charge in [-0.25, -0.2) is 18.7 Å². The van der Waals surface area contributed by atoms with E-state index in [9.17, 15) is 13.6 Å². The molecule has 0 spiro atoms. The molecule has 2 rings (SSSR count). The molecule has 7 heteroatoms. The van der Waals surface area contributed by atoms with Crippen molar-refractivity contribution in [3.8, 4) is 0 Å². The van der Waals surface area contributed by atoms with Gasteiger partial charge in [-0.1, -0.05) is 19.8 Å². The van der Waals surface area contributed by atoms with E-state index in [4.69, 9.17) is 0 Å². The van der Waals surface area contributed by atoms with Gasteiger partial charge in [0.25, 0.3) is 5.91 Å². The second-order valence-corrected chi connectivity index (χ2v) is 5.01. The third-order valence-corrected chi connectivity index (χ3v) is 3.16. The van der Waals surface area contributed by atoms with Gasteiger partial charge >= 0.3 is 0 Å². The molecule has 0 fully saturated rings. The van der Waals surface area contributed by atoms with E-state index in [1.165, 1.54) is 18.5 Å². The highest BCUT2D eigenvalue weighted by Gasteiger charge is 2.07. The number of hydrogen-bond acceptors (Lipinski definition) is 4. The van der Waals surface area contributed by atoms with E-state index in [1.807, 2.05) is 0 Å². The summed E-state index contributed by atoms with van der Waals surface area (Å²) in [4.78, 5) is 19.8. The van der Waals surface area contributed by atoms with Crippen LogP contribution in [0.1, 0.15) is 36.5 Å². The third-order valence-electron chi connectivity index (χ3n) is 3.16. The van der Waals surface area contributed by atoms with Gasteiger partial charge < -0.3 is 10.6 Å². The smallest absolute Gasteiger partial charge is 0.254 e. The number of unbranched alkanes of at least 4 members (excludes halogenated alkanes) is 2. The molecule has 5 nitrogen and oxygen atoms in total. The van der Waals surface area contributed by atoms with Crippen molar-refractivity contribution in [3.63, 3.8) is 0 Å². The average molecular weight is 320 g/mol. The van der Waals surface area contributed by atoms with Gasteiger partial charge in [-0.05, 0) is 18.6 Å². The number of amides is 1. The van der Waals surface area contributed by atoms with Crippen LogP contribution in [0.15, 0.2) is 30.6 Å². The average Bonchev–Trinajstić information content (AvgIpc) is 2.55. The Morgan fingerprint density at radius 3 is 2.52 bits per heavy atom.